The monoisotopic (exact) mass is 802 g/mol. The fourth-order valence-corrected chi connectivity index (χ4v) is 10.2. The fourth-order valence-electron chi connectivity index (χ4n) is 8.60. The van der Waals surface area contributed by atoms with Gasteiger partial charge in [0.2, 0.25) is 12.2 Å². The molecule has 1 amide bonds. The van der Waals surface area contributed by atoms with Crippen molar-refractivity contribution in [2.24, 2.45) is 20.0 Å². The van der Waals surface area contributed by atoms with Gasteiger partial charge in [0.25, 0.3) is 15.6 Å². The maximum absolute atomic E-state index is 15.0. The summed E-state index contributed by atoms with van der Waals surface area (Å²) in [4.78, 5) is 43.8. The molecule has 13 heteroatoms. The van der Waals surface area contributed by atoms with E-state index in [-0.39, 0.29) is 42.5 Å². The molecule has 58 heavy (non-hydrogen) atoms. The SMILES string of the molecule is CC[C@H]1[C@@H](OCc2ccccc2)Oc2c(c(=O)n(C)c(=O)n2C)[C@@H]1C[C@@H]1c2c(c3ccccc3n2S(=O)(=O)c2ccc(C)cc2)CCN1C(=O)OCc1ccccc1. The van der Waals surface area contributed by atoms with Gasteiger partial charge in [-0.15, -0.1) is 0 Å². The zero-order valence-electron chi connectivity index (χ0n) is 32.9. The molecule has 300 valence electrons. The van der Waals surface area contributed by atoms with Crippen LogP contribution in [-0.2, 0) is 53.2 Å². The number of para-hydroxylation sites is 1. The number of aryl methyl sites for hydroxylation is 1. The second kappa shape index (κ2) is 15.8. The molecule has 6 aromatic rings. The first-order valence-corrected chi connectivity index (χ1v) is 21.0. The largest absolute Gasteiger partial charge is 0.449 e. The summed E-state index contributed by atoms with van der Waals surface area (Å²) in [6, 6.07) is 32.2. The summed E-state index contributed by atoms with van der Waals surface area (Å²) < 4.78 is 52.7. The Morgan fingerprint density at radius 2 is 1.47 bits per heavy atom. The maximum Gasteiger partial charge on any atom is 0.410 e. The quantitative estimate of drug-likeness (QED) is 0.145. The normalized spacial score (nSPS) is 19.0. The van der Waals surface area contributed by atoms with Gasteiger partial charge in [0.1, 0.15) is 6.61 Å². The van der Waals surface area contributed by atoms with Crippen molar-refractivity contribution in [3.63, 3.8) is 0 Å². The smallest absolute Gasteiger partial charge is 0.410 e. The highest BCUT2D eigenvalue weighted by atomic mass is 32.2. The number of benzene rings is 4. The Morgan fingerprint density at radius 3 is 2.14 bits per heavy atom. The minimum absolute atomic E-state index is 0.0101. The second-order valence-electron chi connectivity index (χ2n) is 15.1. The Bertz CT molecular complexity index is 2710. The van der Waals surface area contributed by atoms with Crippen LogP contribution in [0.25, 0.3) is 10.9 Å². The molecule has 0 spiro atoms. The lowest BCUT2D eigenvalue weighted by atomic mass is 9.77. The lowest BCUT2D eigenvalue weighted by Gasteiger charge is -2.43. The molecule has 0 saturated heterocycles. The van der Waals surface area contributed by atoms with Gasteiger partial charge in [0, 0.05) is 37.9 Å². The van der Waals surface area contributed by atoms with Crippen LogP contribution in [-0.4, -0.2) is 45.4 Å². The van der Waals surface area contributed by atoms with Crippen molar-refractivity contribution in [1.29, 1.82) is 0 Å². The number of hydrogen-bond donors (Lipinski definition) is 0. The molecule has 4 atom stereocenters. The van der Waals surface area contributed by atoms with E-state index >= 15 is 0 Å². The van der Waals surface area contributed by atoms with Crippen LogP contribution in [0.1, 0.15) is 65.2 Å². The number of hydrogen-bond acceptors (Lipinski definition) is 8. The zero-order chi connectivity index (χ0) is 40.7. The lowest BCUT2D eigenvalue weighted by Crippen LogP contribution is -2.49. The molecule has 4 heterocycles. The molecule has 2 aliphatic rings. The van der Waals surface area contributed by atoms with Crippen LogP contribution in [0.3, 0.4) is 0 Å². The summed E-state index contributed by atoms with van der Waals surface area (Å²) in [6.45, 7) is 4.32. The molecule has 2 aromatic heterocycles. The molecule has 8 rings (SSSR count). The molecule has 12 nitrogen and oxygen atoms in total. The third-order valence-electron chi connectivity index (χ3n) is 11.6. The average Bonchev–Trinajstić information content (AvgIpc) is 3.60. The van der Waals surface area contributed by atoms with Gasteiger partial charge in [-0.3, -0.25) is 18.8 Å². The van der Waals surface area contributed by atoms with Crippen LogP contribution >= 0.6 is 0 Å². The van der Waals surface area contributed by atoms with Crippen LogP contribution < -0.4 is 16.0 Å². The van der Waals surface area contributed by atoms with E-state index in [9.17, 15) is 22.8 Å². The highest BCUT2D eigenvalue weighted by molar-refractivity contribution is 7.90. The molecule has 0 aliphatic carbocycles. The number of ether oxygens (including phenoxy) is 3. The molecule has 0 bridgehead atoms. The highest BCUT2D eigenvalue weighted by Gasteiger charge is 2.47. The Kier molecular flexibility index (Phi) is 10.6. The van der Waals surface area contributed by atoms with Crippen LogP contribution in [0.2, 0.25) is 0 Å². The third kappa shape index (κ3) is 6.92. The molecular formula is C45H46N4O8S. The zero-order valence-corrected chi connectivity index (χ0v) is 33.7. The number of fused-ring (bicyclic) bond motifs is 4. The van der Waals surface area contributed by atoms with Crippen molar-refractivity contribution < 1.29 is 27.4 Å². The van der Waals surface area contributed by atoms with Crippen LogP contribution in [0.15, 0.2) is 124 Å². The van der Waals surface area contributed by atoms with E-state index in [0.29, 0.717) is 24.1 Å². The maximum atomic E-state index is 15.0. The van der Waals surface area contributed by atoms with Gasteiger partial charge in [-0.2, -0.15) is 0 Å². The lowest BCUT2D eigenvalue weighted by molar-refractivity contribution is -0.146. The van der Waals surface area contributed by atoms with Crippen LogP contribution in [0, 0.1) is 12.8 Å². The molecule has 0 fully saturated rings. The Morgan fingerprint density at radius 1 is 0.828 bits per heavy atom. The van der Waals surface area contributed by atoms with E-state index in [1.807, 2.05) is 86.6 Å². The van der Waals surface area contributed by atoms with Crippen molar-refractivity contribution in [1.82, 2.24) is 18.0 Å². The molecule has 0 N–H and O–H groups in total. The van der Waals surface area contributed by atoms with Gasteiger partial charge in [0.15, 0.2) is 0 Å². The first-order chi connectivity index (χ1) is 28.0. The molecule has 0 saturated carbocycles. The molecular weight excluding hydrogens is 757 g/mol. The summed E-state index contributed by atoms with van der Waals surface area (Å²) >= 11 is 0. The molecule has 4 aromatic carbocycles. The van der Waals surface area contributed by atoms with E-state index in [2.05, 4.69) is 0 Å². The predicted octanol–water partition coefficient (Wildman–Crippen LogP) is 6.96. The summed E-state index contributed by atoms with van der Waals surface area (Å²) in [6.07, 6.45) is -0.540. The van der Waals surface area contributed by atoms with E-state index in [4.69, 9.17) is 14.2 Å². The Hall–Kier alpha value is -5.92. The van der Waals surface area contributed by atoms with Crippen molar-refractivity contribution >= 4 is 27.0 Å². The minimum Gasteiger partial charge on any atom is -0.449 e. The molecule has 0 radical (unpaired) electrons. The van der Waals surface area contributed by atoms with E-state index in [1.54, 1.807) is 48.3 Å². The van der Waals surface area contributed by atoms with Crippen molar-refractivity contribution in [2.75, 3.05) is 6.54 Å². The van der Waals surface area contributed by atoms with E-state index < -0.39 is 51.5 Å². The van der Waals surface area contributed by atoms with Gasteiger partial charge in [-0.05, 0) is 61.1 Å². The minimum atomic E-state index is -4.24. The van der Waals surface area contributed by atoms with Crippen molar-refractivity contribution in [2.45, 2.75) is 69.5 Å². The van der Waals surface area contributed by atoms with Gasteiger partial charge >= 0.3 is 11.8 Å². The van der Waals surface area contributed by atoms with Gasteiger partial charge in [-0.25, -0.2) is 22.0 Å². The molecule has 0 unspecified atom stereocenters. The average molecular weight is 803 g/mol. The Balaban J connectivity index is 1.32. The van der Waals surface area contributed by atoms with Gasteiger partial charge < -0.3 is 14.2 Å². The number of nitrogens with zero attached hydrogens (tertiary/aromatic N) is 4. The standard InChI is InChI=1S/C45H46N4O8S/c1-5-33-36(39-41(50)46(3)44(51)47(4)42(39)57-43(33)55-27-30-14-8-6-9-15-30)26-38-40-35(24-25-48(38)45(52)56-28-31-16-10-7-11-17-31)34-18-12-13-19-37(34)49(40)58(53,54)32-22-20-29(2)21-23-32/h6-23,33,36,38,43H,5,24-28H2,1-4H3/t33-,36-,38-,43+/m1/s1. The van der Waals surface area contributed by atoms with E-state index in [1.165, 1.54) is 15.6 Å². The topological polar surface area (TPSA) is 131 Å². The second-order valence-corrected chi connectivity index (χ2v) is 16.9. The number of amides is 1. The summed E-state index contributed by atoms with van der Waals surface area (Å²) in [5.74, 6) is -1.02. The first kappa shape index (κ1) is 38.9. The Labute approximate surface area is 336 Å². The van der Waals surface area contributed by atoms with Gasteiger partial charge in [0.05, 0.1) is 34.3 Å². The van der Waals surface area contributed by atoms with Crippen LogP contribution in [0.4, 0.5) is 4.79 Å². The third-order valence-corrected chi connectivity index (χ3v) is 13.3. The summed E-state index contributed by atoms with van der Waals surface area (Å²) in [7, 11) is -1.26. The van der Waals surface area contributed by atoms with Crippen molar-refractivity contribution in [3.8, 4) is 5.88 Å². The number of carbonyl (C=O) groups is 1. The number of aromatic nitrogens is 3. The van der Waals surface area contributed by atoms with Crippen LogP contribution in [0.5, 0.6) is 5.88 Å². The van der Waals surface area contributed by atoms with Crippen molar-refractivity contribution in [3.05, 3.63) is 164 Å². The highest BCUT2D eigenvalue weighted by Crippen LogP contribution is 2.49. The summed E-state index contributed by atoms with van der Waals surface area (Å²) in [5.41, 5.74) is 3.52. The molecule has 2 aliphatic heterocycles. The first-order valence-electron chi connectivity index (χ1n) is 19.5. The van der Waals surface area contributed by atoms with E-state index in [0.717, 1.165) is 32.2 Å². The number of rotatable bonds is 10. The number of carbonyl (C=O) groups excluding carboxylic acids is 1. The summed E-state index contributed by atoms with van der Waals surface area (Å²) in [5, 5.41) is 0.761. The fraction of sp³-hybridized carbons (Fsp3) is 0.311. The van der Waals surface area contributed by atoms with Gasteiger partial charge in [-0.1, -0.05) is 103 Å². The predicted molar refractivity (Wildman–Crippen MR) is 219 cm³/mol.